The quantitative estimate of drug-likeness (QED) is 0.404. The van der Waals surface area contributed by atoms with Crippen molar-refractivity contribution in [2.45, 2.75) is 33.1 Å². The Bertz CT molecular complexity index is 798. The van der Waals surface area contributed by atoms with Crippen LogP contribution in [0.25, 0.3) is 0 Å². The molecule has 0 radical (unpaired) electrons. The number of amides is 2. The third-order valence-corrected chi connectivity index (χ3v) is 3.82. The summed E-state index contributed by atoms with van der Waals surface area (Å²) in [5, 5.41) is 6.92. The van der Waals surface area contributed by atoms with Crippen LogP contribution in [-0.4, -0.2) is 17.5 Å². The first-order valence-electron chi connectivity index (χ1n) is 8.60. The topological polar surface area (TPSA) is 96.6 Å². The van der Waals surface area contributed by atoms with Gasteiger partial charge in [0.1, 0.15) is 0 Å². The maximum atomic E-state index is 12.2. The summed E-state index contributed by atoms with van der Waals surface area (Å²) in [4.78, 5) is 23.9. The fraction of sp³-hybridized carbons (Fsp3) is 0.250. The fourth-order valence-corrected chi connectivity index (χ4v) is 2.29. The van der Waals surface area contributed by atoms with Crippen LogP contribution in [0.15, 0.2) is 53.6 Å². The number of hydrogen-bond donors (Lipinski definition) is 3. The standard InChI is InChI=1S/C20H24N4O2/c1-3-4-8-19(25)22-18-11-9-15(10-12-18)20(26)24-23-14(2)16-6-5-7-17(21)13-16/h5-7,9-13H,3-4,8,21H2,1-2H3,(H,22,25)(H,24,26). The Morgan fingerprint density at radius 1 is 1.08 bits per heavy atom. The summed E-state index contributed by atoms with van der Waals surface area (Å²) in [7, 11) is 0. The normalized spacial score (nSPS) is 11.1. The van der Waals surface area contributed by atoms with Crippen LogP contribution in [0.2, 0.25) is 0 Å². The van der Waals surface area contributed by atoms with Crippen molar-refractivity contribution in [2.24, 2.45) is 5.10 Å². The number of nitrogen functional groups attached to an aromatic ring is 1. The van der Waals surface area contributed by atoms with E-state index in [0.717, 1.165) is 18.4 Å². The van der Waals surface area contributed by atoms with E-state index >= 15 is 0 Å². The predicted octanol–water partition coefficient (Wildman–Crippen LogP) is 3.55. The maximum Gasteiger partial charge on any atom is 0.271 e. The summed E-state index contributed by atoms with van der Waals surface area (Å²) in [6.45, 7) is 3.83. The lowest BCUT2D eigenvalue weighted by atomic mass is 10.1. The number of unbranched alkanes of at least 4 members (excludes halogenated alkanes) is 1. The smallest absolute Gasteiger partial charge is 0.271 e. The lowest BCUT2D eigenvalue weighted by molar-refractivity contribution is -0.116. The van der Waals surface area contributed by atoms with Crippen molar-refractivity contribution in [3.05, 3.63) is 59.7 Å². The number of nitrogens with two attached hydrogens (primary N) is 1. The number of nitrogens with zero attached hydrogens (tertiary/aromatic N) is 1. The molecular weight excluding hydrogens is 328 g/mol. The summed E-state index contributed by atoms with van der Waals surface area (Å²) < 4.78 is 0. The summed E-state index contributed by atoms with van der Waals surface area (Å²) in [6, 6.07) is 14.0. The van der Waals surface area contributed by atoms with Crippen LogP contribution >= 0.6 is 0 Å². The maximum absolute atomic E-state index is 12.2. The van der Waals surface area contributed by atoms with Crippen LogP contribution in [0.3, 0.4) is 0 Å². The zero-order valence-corrected chi connectivity index (χ0v) is 15.1. The van der Waals surface area contributed by atoms with Crippen LogP contribution in [0.5, 0.6) is 0 Å². The van der Waals surface area contributed by atoms with Crippen molar-refractivity contribution in [3.8, 4) is 0 Å². The van der Waals surface area contributed by atoms with Crippen LogP contribution in [0, 0.1) is 0 Å². The average molecular weight is 352 g/mol. The summed E-state index contributed by atoms with van der Waals surface area (Å²) >= 11 is 0. The Hall–Kier alpha value is -3.15. The van der Waals surface area contributed by atoms with Crippen molar-refractivity contribution in [3.63, 3.8) is 0 Å². The van der Waals surface area contributed by atoms with Crippen LogP contribution in [0.4, 0.5) is 11.4 Å². The molecule has 2 rings (SSSR count). The van der Waals surface area contributed by atoms with Gasteiger partial charge < -0.3 is 11.1 Å². The molecule has 4 N–H and O–H groups in total. The van der Waals surface area contributed by atoms with Crippen LogP contribution < -0.4 is 16.5 Å². The van der Waals surface area contributed by atoms with Crippen molar-refractivity contribution in [1.29, 1.82) is 0 Å². The van der Waals surface area contributed by atoms with Crippen LogP contribution in [-0.2, 0) is 4.79 Å². The van der Waals surface area contributed by atoms with Gasteiger partial charge in [0.25, 0.3) is 5.91 Å². The molecule has 136 valence electrons. The molecular formula is C20H24N4O2. The molecule has 0 heterocycles. The summed E-state index contributed by atoms with van der Waals surface area (Å²) in [5.41, 5.74) is 11.5. The lowest BCUT2D eigenvalue weighted by Gasteiger charge is -2.06. The molecule has 2 aromatic carbocycles. The van der Waals surface area contributed by atoms with Gasteiger partial charge >= 0.3 is 0 Å². The van der Waals surface area contributed by atoms with Gasteiger partial charge in [0.05, 0.1) is 5.71 Å². The Labute approximate surface area is 153 Å². The number of carbonyl (C=O) groups is 2. The molecule has 0 bridgehead atoms. The molecule has 0 spiro atoms. The fourth-order valence-electron chi connectivity index (χ4n) is 2.29. The molecule has 0 fully saturated rings. The average Bonchev–Trinajstić information content (AvgIpc) is 2.64. The lowest BCUT2D eigenvalue weighted by Crippen LogP contribution is -2.19. The second-order valence-electron chi connectivity index (χ2n) is 5.99. The third-order valence-electron chi connectivity index (χ3n) is 3.82. The molecule has 0 aliphatic rings. The molecule has 6 nitrogen and oxygen atoms in total. The molecule has 0 aliphatic heterocycles. The van der Waals surface area contributed by atoms with Crippen molar-refractivity contribution in [2.75, 3.05) is 11.1 Å². The number of rotatable bonds is 7. The Morgan fingerprint density at radius 2 is 1.81 bits per heavy atom. The van der Waals surface area contributed by atoms with E-state index in [0.29, 0.717) is 29.1 Å². The SMILES string of the molecule is CCCCC(=O)Nc1ccc(C(=O)NN=C(C)c2cccc(N)c2)cc1. The van der Waals surface area contributed by atoms with Crippen molar-refractivity contribution < 1.29 is 9.59 Å². The molecule has 0 saturated heterocycles. The highest BCUT2D eigenvalue weighted by molar-refractivity contribution is 6.01. The first-order chi connectivity index (χ1) is 12.5. The highest BCUT2D eigenvalue weighted by Crippen LogP contribution is 2.11. The van der Waals surface area contributed by atoms with Gasteiger partial charge in [0.15, 0.2) is 0 Å². The van der Waals surface area contributed by atoms with E-state index in [1.165, 1.54) is 0 Å². The van der Waals surface area contributed by atoms with Gasteiger partial charge in [-0.2, -0.15) is 5.10 Å². The number of carbonyl (C=O) groups excluding carboxylic acids is 2. The number of benzene rings is 2. The molecule has 0 aromatic heterocycles. The van der Waals surface area contributed by atoms with Crippen LogP contribution in [0.1, 0.15) is 49.0 Å². The van der Waals surface area contributed by atoms with Crippen molar-refractivity contribution >= 4 is 28.9 Å². The van der Waals surface area contributed by atoms with E-state index in [9.17, 15) is 9.59 Å². The molecule has 2 aromatic rings. The minimum absolute atomic E-state index is 0.0218. The van der Waals surface area contributed by atoms with E-state index in [2.05, 4.69) is 15.8 Å². The Morgan fingerprint density at radius 3 is 2.46 bits per heavy atom. The molecule has 6 heteroatoms. The summed E-state index contributed by atoms with van der Waals surface area (Å²) in [6.07, 6.45) is 2.33. The summed E-state index contributed by atoms with van der Waals surface area (Å²) in [5.74, 6) is -0.344. The predicted molar refractivity (Wildman–Crippen MR) is 105 cm³/mol. The van der Waals surface area contributed by atoms with Gasteiger partial charge in [-0.05, 0) is 55.3 Å². The van der Waals surface area contributed by atoms with Crippen molar-refractivity contribution in [1.82, 2.24) is 5.43 Å². The van der Waals surface area contributed by atoms with Gasteiger partial charge in [-0.15, -0.1) is 0 Å². The first-order valence-corrected chi connectivity index (χ1v) is 8.60. The third kappa shape index (κ3) is 5.73. The molecule has 0 unspecified atom stereocenters. The molecule has 26 heavy (non-hydrogen) atoms. The van der Waals surface area contributed by atoms with E-state index in [-0.39, 0.29) is 11.8 Å². The number of nitrogens with one attached hydrogen (secondary N) is 2. The van der Waals surface area contributed by atoms with E-state index in [1.807, 2.05) is 19.1 Å². The minimum Gasteiger partial charge on any atom is -0.399 e. The zero-order valence-electron chi connectivity index (χ0n) is 15.1. The van der Waals surface area contributed by atoms with Gasteiger partial charge in [0, 0.05) is 23.4 Å². The molecule has 0 saturated carbocycles. The second-order valence-corrected chi connectivity index (χ2v) is 5.99. The first kappa shape index (κ1) is 19.2. The number of anilines is 2. The van der Waals surface area contributed by atoms with E-state index < -0.39 is 0 Å². The Balaban J connectivity index is 1.95. The second kappa shape index (κ2) is 9.36. The van der Waals surface area contributed by atoms with Gasteiger partial charge in [0.2, 0.25) is 5.91 Å². The zero-order chi connectivity index (χ0) is 18.9. The van der Waals surface area contributed by atoms with Gasteiger partial charge in [-0.1, -0.05) is 25.5 Å². The van der Waals surface area contributed by atoms with Gasteiger partial charge in [-0.25, -0.2) is 5.43 Å². The van der Waals surface area contributed by atoms with Gasteiger partial charge in [-0.3, -0.25) is 9.59 Å². The highest BCUT2D eigenvalue weighted by Gasteiger charge is 2.07. The highest BCUT2D eigenvalue weighted by atomic mass is 16.2. The number of hydrazone groups is 1. The molecule has 2 amide bonds. The Kier molecular flexibility index (Phi) is 6.91. The number of hydrogen-bond acceptors (Lipinski definition) is 4. The monoisotopic (exact) mass is 352 g/mol. The minimum atomic E-state index is -0.322. The largest absolute Gasteiger partial charge is 0.399 e. The van der Waals surface area contributed by atoms with E-state index in [1.54, 1.807) is 43.3 Å². The molecule has 0 aliphatic carbocycles. The van der Waals surface area contributed by atoms with E-state index in [4.69, 9.17) is 5.73 Å². The molecule has 0 atom stereocenters.